The molecule has 1 aromatic heterocycles. The van der Waals surface area contributed by atoms with Gasteiger partial charge in [-0.2, -0.15) is 0 Å². The Labute approximate surface area is 177 Å². The predicted octanol–water partition coefficient (Wildman–Crippen LogP) is 4.57. The van der Waals surface area contributed by atoms with E-state index in [0.717, 1.165) is 16.5 Å². The van der Waals surface area contributed by atoms with Crippen LogP contribution in [0.5, 0.6) is 0 Å². The van der Waals surface area contributed by atoms with Crippen LogP contribution in [-0.4, -0.2) is 41.5 Å². The number of nitrogens with zero attached hydrogens (tertiary/aromatic N) is 1. The van der Waals surface area contributed by atoms with Gasteiger partial charge in [-0.1, -0.05) is 30.4 Å². The largest absolute Gasteiger partial charge is 0.481 e. The van der Waals surface area contributed by atoms with Gasteiger partial charge in [0.05, 0.1) is 23.9 Å². The first-order chi connectivity index (χ1) is 13.9. The highest BCUT2D eigenvalue weighted by Crippen LogP contribution is 2.23. The molecule has 7 nitrogen and oxygen atoms in total. The molecule has 0 aliphatic rings. The molecule has 0 saturated carbocycles. The van der Waals surface area contributed by atoms with E-state index in [1.54, 1.807) is 19.1 Å². The number of fused-ring (bicyclic) bond motifs is 1. The van der Waals surface area contributed by atoms with E-state index in [1.165, 1.54) is 7.11 Å². The molecule has 0 radical (unpaired) electrons. The topological polar surface area (TPSA) is 97.8 Å². The third-order valence-electron chi connectivity index (χ3n) is 4.49. The number of rotatable bonds is 7. The van der Waals surface area contributed by atoms with Crippen molar-refractivity contribution in [3.8, 4) is 0 Å². The Kier molecular flexibility index (Phi) is 7.21. The standard InChI is InChI=1S/C23H30N2O5/c1-15(24-21(28)30-22(2,3)4)18-10-9-17-8-7-16(13-19(17)25-18)11-12-23(5,14-29-6)20(26)27/h7-13,15H,14H2,1-6H3,(H,24,28)(H,26,27). The maximum atomic E-state index is 12.0. The van der Waals surface area contributed by atoms with Crippen molar-refractivity contribution in [1.29, 1.82) is 0 Å². The molecule has 30 heavy (non-hydrogen) atoms. The fourth-order valence-corrected chi connectivity index (χ4v) is 2.81. The minimum Gasteiger partial charge on any atom is -0.481 e. The average Bonchev–Trinajstić information content (AvgIpc) is 2.64. The second kappa shape index (κ2) is 9.26. The average molecular weight is 415 g/mol. The fourth-order valence-electron chi connectivity index (χ4n) is 2.81. The molecule has 1 aromatic carbocycles. The van der Waals surface area contributed by atoms with Crippen LogP contribution in [0.4, 0.5) is 4.79 Å². The van der Waals surface area contributed by atoms with E-state index >= 15 is 0 Å². The predicted molar refractivity (Wildman–Crippen MR) is 116 cm³/mol. The molecule has 2 N–H and O–H groups in total. The van der Waals surface area contributed by atoms with E-state index in [0.29, 0.717) is 5.69 Å². The summed E-state index contributed by atoms with van der Waals surface area (Å²) in [5, 5.41) is 13.2. The summed E-state index contributed by atoms with van der Waals surface area (Å²) < 4.78 is 10.3. The normalized spacial score (nSPS) is 15.0. The number of hydrogen-bond donors (Lipinski definition) is 2. The maximum absolute atomic E-state index is 12.0. The number of nitrogens with one attached hydrogen (secondary N) is 1. The van der Waals surface area contributed by atoms with Crippen molar-refractivity contribution in [3.05, 3.63) is 47.7 Å². The summed E-state index contributed by atoms with van der Waals surface area (Å²) in [6, 6.07) is 9.17. The number of hydrogen-bond acceptors (Lipinski definition) is 5. The van der Waals surface area contributed by atoms with E-state index in [1.807, 2.05) is 58.0 Å². The van der Waals surface area contributed by atoms with Gasteiger partial charge >= 0.3 is 12.1 Å². The molecule has 2 rings (SSSR count). The van der Waals surface area contributed by atoms with Gasteiger partial charge in [0.2, 0.25) is 0 Å². The molecule has 0 aliphatic carbocycles. The number of carboxylic acid groups (broad SMARTS) is 1. The monoisotopic (exact) mass is 414 g/mol. The summed E-state index contributed by atoms with van der Waals surface area (Å²) >= 11 is 0. The van der Waals surface area contributed by atoms with Gasteiger partial charge in [0.1, 0.15) is 11.0 Å². The van der Waals surface area contributed by atoms with Crippen LogP contribution in [-0.2, 0) is 14.3 Å². The Balaban J connectivity index is 2.24. The summed E-state index contributed by atoms with van der Waals surface area (Å²) in [6.07, 6.45) is 2.87. The zero-order valence-corrected chi connectivity index (χ0v) is 18.4. The molecule has 1 amide bonds. The molecule has 0 aliphatic heterocycles. The van der Waals surface area contributed by atoms with Crippen molar-refractivity contribution in [2.45, 2.75) is 46.3 Å². The molecule has 1 heterocycles. The molecule has 2 atom stereocenters. The van der Waals surface area contributed by atoms with E-state index in [4.69, 9.17) is 9.47 Å². The second-order valence-electron chi connectivity index (χ2n) is 8.55. The molecular formula is C23H30N2O5. The lowest BCUT2D eigenvalue weighted by atomic mass is 9.90. The smallest absolute Gasteiger partial charge is 0.408 e. The zero-order chi connectivity index (χ0) is 22.5. The summed E-state index contributed by atoms with van der Waals surface area (Å²) in [6.45, 7) is 8.94. The Morgan fingerprint density at radius 2 is 1.87 bits per heavy atom. The lowest BCUT2D eigenvalue weighted by Gasteiger charge is -2.22. The fraction of sp³-hybridized carbons (Fsp3) is 0.435. The first kappa shape index (κ1) is 23.3. The molecule has 0 fully saturated rings. The van der Waals surface area contributed by atoms with Crippen molar-refractivity contribution < 1.29 is 24.2 Å². The summed E-state index contributed by atoms with van der Waals surface area (Å²) in [4.78, 5) is 28.2. The number of amides is 1. The van der Waals surface area contributed by atoms with Gasteiger partial charge in [-0.25, -0.2) is 4.79 Å². The third-order valence-corrected chi connectivity index (χ3v) is 4.49. The van der Waals surface area contributed by atoms with Crippen molar-refractivity contribution >= 4 is 29.0 Å². The molecular weight excluding hydrogens is 384 g/mol. The molecule has 2 unspecified atom stereocenters. The number of carbonyl (C=O) groups is 2. The Morgan fingerprint density at radius 3 is 2.47 bits per heavy atom. The molecule has 0 spiro atoms. The number of methoxy groups -OCH3 is 1. The lowest BCUT2D eigenvalue weighted by molar-refractivity contribution is -0.147. The van der Waals surface area contributed by atoms with Crippen LogP contribution in [0.1, 0.15) is 51.9 Å². The molecule has 7 heteroatoms. The molecule has 162 valence electrons. The van der Waals surface area contributed by atoms with E-state index < -0.39 is 23.1 Å². The number of ether oxygens (including phenoxy) is 2. The molecule has 0 saturated heterocycles. The van der Waals surface area contributed by atoms with Gasteiger partial charge in [0, 0.05) is 12.5 Å². The van der Waals surface area contributed by atoms with E-state index in [-0.39, 0.29) is 12.6 Å². The SMILES string of the molecule is COCC(C)(C=Cc1ccc2ccc(C(C)NC(=O)OC(C)(C)C)nc2c1)C(=O)O. The van der Waals surface area contributed by atoms with Crippen molar-refractivity contribution in [2.75, 3.05) is 13.7 Å². The maximum Gasteiger partial charge on any atom is 0.408 e. The van der Waals surface area contributed by atoms with Crippen molar-refractivity contribution in [1.82, 2.24) is 10.3 Å². The number of carboxylic acids is 1. The minimum absolute atomic E-state index is 0.0721. The third kappa shape index (κ3) is 6.29. The first-order valence-electron chi connectivity index (χ1n) is 9.75. The highest BCUT2D eigenvalue weighted by atomic mass is 16.6. The van der Waals surface area contributed by atoms with Gasteiger partial charge in [-0.3, -0.25) is 9.78 Å². The summed E-state index contributed by atoms with van der Waals surface area (Å²) in [5.74, 6) is -0.955. The minimum atomic E-state index is -1.12. The van der Waals surface area contributed by atoms with Gasteiger partial charge < -0.3 is 19.9 Å². The Hall–Kier alpha value is -2.93. The van der Waals surface area contributed by atoms with Crippen molar-refractivity contribution in [2.24, 2.45) is 5.41 Å². The molecule has 2 aromatic rings. The highest BCUT2D eigenvalue weighted by molar-refractivity contribution is 5.83. The number of benzene rings is 1. The Morgan fingerprint density at radius 1 is 1.20 bits per heavy atom. The second-order valence-corrected chi connectivity index (χ2v) is 8.55. The summed E-state index contributed by atoms with van der Waals surface area (Å²) in [7, 11) is 1.48. The number of aliphatic carboxylic acids is 1. The van der Waals surface area contributed by atoms with Crippen LogP contribution in [0.25, 0.3) is 17.0 Å². The quantitative estimate of drug-likeness (QED) is 0.689. The van der Waals surface area contributed by atoms with Crippen LogP contribution in [0.3, 0.4) is 0 Å². The van der Waals surface area contributed by atoms with Crippen LogP contribution < -0.4 is 5.32 Å². The first-order valence-corrected chi connectivity index (χ1v) is 9.75. The van der Waals surface area contributed by atoms with E-state index in [9.17, 15) is 14.7 Å². The lowest BCUT2D eigenvalue weighted by Crippen LogP contribution is -2.34. The van der Waals surface area contributed by atoms with Gasteiger partial charge in [-0.15, -0.1) is 0 Å². The number of alkyl carbamates (subject to hydrolysis) is 1. The van der Waals surface area contributed by atoms with Crippen LogP contribution in [0.2, 0.25) is 0 Å². The van der Waals surface area contributed by atoms with Crippen molar-refractivity contribution in [3.63, 3.8) is 0 Å². The van der Waals surface area contributed by atoms with Crippen LogP contribution in [0, 0.1) is 5.41 Å². The van der Waals surface area contributed by atoms with Crippen LogP contribution >= 0.6 is 0 Å². The number of carbonyl (C=O) groups excluding carboxylic acids is 1. The highest BCUT2D eigenvalue weighted by Gasteiger charge is 2.30. The summed E-state index contributed by atoms with van der Waals surface area (Å²) in [5.41, 5.74) is 0.573. The van der Waals surface area contributed by atoms with Gasteiger partial charge in [0.15, 0.2) is 0 Å². The van der Waals surface area contributed by atoms with Crippen LogP contribution in [0.15, 0.2) is 36.4 Å². The zero-order valence-electron chi connectivity index (χ0n) is 18.4. The van der Waals surface area contributed by atoms with E-state index in [2.05, 4.69) is 10.3 Å². The Bertz CT molecular complexity index is 948. The number of aromatic nitrogens is 1. The molecule has 0 bridgehead atoms. The van der Waals surface area contributed by atoms with Gasteiger partial charge in [-0.05, 0) is 52.3 Å². The number of pyridine rings is 1. The van der Waals surface area contributed by atoms with Gasteiger partial charge in [0.25, 0.3) is 0 Å².